The first-order chi connectivity index (χ1) is 14.3. The molecule has 156 valence electrons. The monoisotopic (exact) mass is 407 g/mol. The number of hydrogen-bond acceptors (Lipinski definition) is 4. The minimum absolute atomic E-state index is 0.00333. The topological polar surface area (TPSA) is 79.0 Å². The van der Waals surface area contributed by atoms with Gasteiger partial charge >= 0.3 is 0 Å². The standard InChI is InChI=1S/C23H25N3O4/c1-15-8-9-19(30-3)17(14-15)24-20(27)11-13-25-22(29)16-6-4-5-7-18(16)26-21(28)10-12-23(25,26)2/h4-9,14H,10-13H2,1-3H3,(H,24,27)/t23-/m0/s1. The van der Waals surface area contributed by atoms with Crippen LogP contribution in [0.5, 0.6) is 5.75 Å². The molecule has 30 heavy (non-hydrogen) atoms. The summed E-state index contributed by atoms with van der Waals surface area (Å²) in [5, 5.41) is 2.87. The Morgan fingerprint density at radius 3 is 2.73 bits per heavy atom. The number of nitrogens with one attached hydrogen (secondary N) is 1. The van der Waals surface area contributed by atoms with Crippen molar-refractivity contribution in [1.82, 2.24) is 4.90 Å². The zero-order valence-corrected chi connectivity index (χ0v) is 17.4. The number of methoxy groups -OCH3 is 1. The molecule has 1 N–H and O–H groups in total. The van der Waals surface area contributed by atoms with Gasteiger partial charge in [-0.1, -0.05) is 18.2 Å². The molecule has 7 heteroatoms. The van der Waals surface area contributed by atoms with E-state index in [-0.39, 0.29) is 30.7 Å². The first kappa shape index (κ1) is 19.9. The molecule has 1 atom stereocenters. The predicted molar refractivity (Wildman–Crippen MR) is 114 cm³/mol. The number of carbonyl (C=O) groups is 3. The van der Waals surface area contributed by atoms with E-state index in [0.29, 0.717) is 35.5 Å². The van der Waals surface area contributed by atoms with Gasteiger partial charge < -0.3 is 15.0 Å². The summed E-state index contributed by atoms with van der Waals surface area (Å²) in [6.45, 7) is 4.05. The van der Waals surface area contributed by atoms with Gasteiger partial charge in [0.2, 0.25) is 11.8 Å². The van der Waals surface area contributed by atoms with E-state index < -0.39 is 5.66 Å². The molecule has 2 aromatic rings. The first-order valence-electron chi connectivity index (χ1n) is 10.0. The maximum atomic E-state index is 13.2. The van der Waals surface area contributed by atoms with Gasteiger partial charge in [0.15, 0.2) is 0 Å². The summed E-state index contributed by atoms with van der Waals surface area (Å²) in [6.07, 6.45) is 1.03. The molecule has 2 aromatic carbocycles. The van der Waals surface area contributed by atoms with Crippen molar-refractivity contribution in [2.75, 3.05) is 23.9 Å². The number of fused-ring (bicyclic) bond motifs is 3. The molecule has 1 fully saturated rings. The van der Waals surface area contributed by atoms with Crippen LogP contribution >= 0.6 is 0 Å². The smallest absolute Gasteiger partial charge is 0.257 e. The summed E-state index contributed by atoms with van der Waals surface area (Å²) in [6, 6.07) is 12.7. The lowest BCUT2D eigenvalue weighted by Crippen LogP contribution is -2.62. The fourth-order valence-corrected chi connectivity index (χ4v) is 4.39. The Balaban J connectivity index is 1.55. The van der Waals surface area contributed by atoms with Crippen LogP contribution in [0.4, 0.5) is 11.4 Å². The van der Waals surface area contributed by atoms with E-state index in [0.717, 1.165) is 5.56 Å². The van der Waals surface area contributed by atoms with Crippen molar-refractivity contribution < 1.29 is 19.1 Å². The second kappa shape index (κ2) is 7.48. The Morgan fingerprint density at radius 1 is 1.20 bits per heavy atom. The molecule has 3 amide bonds. The number of carbonyl (C=O) groups excluding carboxylic acids is 3. The average Bonchev–Trinajstić information content (AvgIpc) is 3.03. The van der Waals surface area contributed by atoms with E-state index in [1.807, 2.05) is 38.1 Å². The Hall–Kier alpha value is -3.35. The maximum absolute atomic E-state index is 13.2. The Labute approximate surface area is 175 Å². The van der Waals surface area contributed by atoms with Gasteiger partial charge in [-0.2, -0.15) is 0 Å². The lowest BCUT2D eigenvalue weighted by atomic mass is 9.98. The SMILES string of the molecule is COc1ccc(C)cc1NC(=O)CCN1C(=O)c2ccccc2N2C(=O)CC[C@@]12C. The Bertz CT molecular complexity index is 1030. The summed E-state index contributed by atoms with van der Waals surface area (Å²) < 4.78 is 5.31. The zero-order chi connectivity index (χ0) is 21.5. The van der Waals surface area contributed by atoms with E-state index in [2.05, 4.69) is 5.32 Å². The number of para-hydroxylation sites is 1. The molecule has 2 heterocycles. The summed E-state index contributed by atoms with van der Waals surface area (Å²) >= 11 is 0. The Kier molecular flexibility index (Phi) is 4.97. The highest BCUT2D eigenvalue weighted by atomic mass is 16.5. The molecule has 0 aliphatic carbocycles. The molecule has 2 aliphatic rings. The number of nitrogens with zero attached hydrogens (tertiary/aromatic N) is 2. The van der Waals surface area contributed by atoms with Crippen LogP contribution < -0.4 is 15.0 Å². The van der Waals surface area contributed by atoms with Crippen LogP contribution in [0.2, 0.25) is 0 Å². The number of ether oxygens (including phenoxy) is 1. The van der Waals surface area contributed by atoms with E-state index in [1.54, 1.807) is 35.1 Å². The fourth-order valence-electron chi connectivity index (χ4n) is 4.39. The van der Waals surface area contributed by atoms with Crippen molar-refractivity contribution in [3.63, 3.8) is 0 Å². The highest BCUT2D eigenvalue weighted by molar-refractivity contribution is 6.10. The number of amides is 3. The summed E-state index contributed by atoms with van der Waals surface area (Å²) in [7, 11) is 1.55. The van der Waals surface area contributed by atoms with Gasteiger partial charge in [0, 0.05) is 19.4 Å². The molecular formula is C23H25N3O4. The summed E-state index contributed by atoms with van der Waals surface area (Å²) in [5.41, 5.74) is 1.98. The molecular weight excluding hydrogens is 382 g/mol. The normalized spacial score (nSPS) is 20.1. The van der Waals surface area contributed by atoms with E-state index in [4.69, 9.17) is 4.74 Å². The van der Waals surface area contributed by atoms with Gasteiger partial charge in [0.1, 0.15) is 11.4 Å². The minimum atomic E-state index is -0.760. The second-order valence-corrected chi connectivity index (χ2v) is 7.92. The van der Waals surface area contributed by atoms with Crippen LogP contribution in [0, 0.1) is 6.92 Å². The van der Waals surface area contributed by atoms with Crippen molar-refractivity contribution in [2.45, 2.75) is 38.8 Å². The number of aryl methyl sites for hydroxylation is 1. The van der Waals surface area contributed by atoms with Gasteiger partial charge in [-0.25, -0.2) is 0 Å². The molecule has 0 aromatic heterocycles. The van der Waals surface area contributed by atoms with Gasteiger partial charge in [-0.15, -0.1) is 0 Å². The van der Waals surface area contributed by atoms with Crippen molar-refractivity contribution >= 4 is 29.1 Å². The second-order valence-electron chi connectivity index (χ2n) is 7.92. The van der Waals surface area contributed by atoms with Crippen LogP contribution in [0.25, 0.3) is 0 Å². The Morgan fingerprint density at radius 2 is 1.97 bits per heavy atom. The van der Waals surface area contributed by atoms with Gasteiger partial charge in [0.05, 0.1) is 24.0 Å². The molecule has 0 spiro atoms. The van der Waals surface area contributed by atoms with Crippen molar-refractivity contribution in [1.29, 1.82) is 0 Å². The average molecular weight is 407 g/mol. The molecule has 0 radical (unpaired) electrons. The molecule has 0 unspecified atom stereocenters. The molecule has 4 rings (SSSR count). The molecule has 0 bridgehead atoms. The number of anilines is 2. The third-order valence-electron chi connectivity index (χ3n) is 5.94. The van der Waals surface area contributed by atoms with E-state index in [9.17, 15) is 14.4 Å². The van der Waals surface area contributed by atoms with Crippen LogP contribution in [0.1, 0.15) is 42.1 Å². The first-order valence-corrected chi connectivity index (χ1v) is 10.0. The highest BCUT2D eigenvalue weighted by Crippen LogP contribution is 2.44. The number of benzene rings is 2. The third kappa shape index (κ3) is 3.20. The minimum Gasteiger partial charge on any atom is -0.495 e. The zero-order valence-electron chi connectivity index (χ0n) is 17.4. The maximum Gasteiger partial charge on any atom is 0.257 e. The molecule has 2 aliphatic heterocycles. The summed E-state index contributed by atoms with van der Waals surface area (Å²) in [4.78, 5) is 41.9. The van der Waals surface area contributed by atoms with Gasteiger partial charge in [-0.3, -0.25) is 19.3 Å². The van der Waals surface area contributed by atoms with Crippen LogP contribution in [-0.4, -0.2) is 41.9 Å². The fraction of sp³-hybridized carbons (Fsp3) is 0.348. The third-order valence-corrected chi connectivity index (χ3v) is 5.94. The number of hydrogen-bond donors (Lipinski definition) is 1. The number of rotatable bonds is 5. The van der Waals surface area contributed by atoms with Crippen LogP contribution in [0.3, 0.4) is 0 Å². The predicted octanol–water partition coefficient (Wildman–Crippen LogP) is 3.33. The molecule has 0 saturated carbocycles. The lowest BCUT2D eigenvalue weighted by molar-refractivity contribution is -0.117. The quantitative estimate of drug-likeness (QED) is 0.825. The summed E-state index contributed by atoms with van der Waals surface area (Å²) in [5.74, 6) is 0.206. The van der Waals surface area contributed by atoms with Crippen molar-refractivity contribution in [2.24, 2.45) is 0 Å². The van der Waals surface area contributed by atoms with Gasteiger partial charge in [-0.05, 0) is 50.1 Å². The van der Waals surface area contributed by atoms with Crippen LogP contribution in [-0.2, 0) is 9.59 Å². The largest absolute Gasteiger partial charge is 0.495 e. The highest BCUT2D eigenvalue weighted by Gasteiger charge is 2.52. The van der Waals surface area contributed by atoms with Crippen molar-refractivity contribution in [3.05, 3.63) is 53.6 Å². The van der Waals surface area contributed by atoms with E-state index in [1.165, 1.54) is 0 Å². The lowest BCUT2D eigenvalue weighted by Gasteiger charge is -2.48. The van der Waals surface area contributed by atoms with Crippen LogP contribution in [0.15, 0.2) is 42.5 Å². The van der Waals surface area contributed by atoms with Crippen molar-refractivity contribution in [3.8, 4) is 5.75 Å². The van der Waals surface area contributed by atoms with Gasteiger partial charge in [0.25, 0.3) is 5.91 Å². The van der Waals surface area contributed by atoms with E-state index >= 15 is 0 Å². The molecule has 7 nitrogen and oxygen atoms in total. The molecule has 1 saturated heterocycles.